The summed E-state index contributed by atoms with van der Waals surface area (Å²) in [5, 5.41) is 1.06. The van der Waals surface area contributed by atoms with E-state index < -0.39 is 6.36 Å². The molecule has 2 nitrogen and oxygen atoms in total. The van der Waals surface area contributed by atoms with Crippen molar-refractivity contribution in [2.75, 3.05) is 6.61 Å². The Bertz CT molecular complexity index is 516. The summed E-state index contributed by atoms with van der Waals surface area (Å²) in [4.78, 5) is 0. The summed E-state index contributed by atoms with van der Waals surface area (Å²) >= 11 is 0. The van der Waals surface area contributed by atoms with E-state index in [1.165, 1.54) is 0 Å². The van der Waals surface area contributed by atoms with Crippen LogP contribution in [0.3, 0.4) is 0 Å². The summed E-state index contributed by atoms with van der Waals surface area (Å²) in [5.41, 5.74) is 2.04. The molecular weight excluding hydrogens is 231 g/mol. The first kappa shape index (κ1) is 12.0. The number of benzene rings is 1. The average Bonchev–Trinajstić information content (AvgIpc) is 2.61. The van der Waals surface area contributed by atoms with Crippen molar-refractivity contribution in [3.63, 3.8) is 0 Å². The largest absolute Gasteiger partial charge is 0.522 e. The van der Waals surface area contributed by atoms with Crippen molar-refractivity contribution in [1.82, 2.24) is 4.57 Å². The lowest BCUT2D eigenvalue weighted by Crippen LogP contribution is -2.17. The quantitative estimate of drug-likeness (QED) is 0.804. The number of rotatable bonds is 3. The van der Waals surface area contributed by atoms with Gasteiger partial charge in [-0.3, -0.25) is 4.74 Å². The fourth-order valence-corrected chi connectivity index (χ4v) is 1.83. The Labute approximate surface area is 96.6 Å². The van der Waals surface area contributed by atoms with Crippen LogP contribution in [0, 0.1) is 6.92 Å². The number of hydrogen-bond acceptors (Lipinski definition) is 1. The minimum Gasteiger partial charge on any atom is -0.345 e. The average molecular weight is 243 g/mol. The third kappa shape index (κ3) is 2.79. The van der Waals surface area contributed by atoms with Gasteiger partial charge in [0.25, 0.3) is 0 Å². The molecule has 0 aliphatic rings. The Morgan fingerprint density at radius 2 is 2.00 bits per heavy atom. The molecule has 1 aromatic heterocycles. The summed E-state index contributed by atoms with van der Waals surface area (Å²) in [5.74, 6) is 0. The third-order valence-corrected chi connectivity index (χ3v) is 2.63. The molecule has 2 rings (SSSR count). The fraction of sp³-hybridized carbons (Fsp3) is 0.333. The highest BCUT2D eigenvalue weighted by Crippen LogP contribution is 2.20. The van der Waals surface area contributed by atoms with E-state index in [0.29, 0.717) is 0 Å². The van der Waals surface area contributed by atoms with Crippen molar-refractivity contribution < 1.29 is 17.9 Å². The van der Waals surface area contributed by atoms with Gasteiger partial charge in [-0.2, -0.15) is 0 Å². The standard InChI is InChI=1S/C12H12F3NO/c1-9-3-2-4-11-10(9)5-6-16(11)7-8-17-12(13,14)15/h2-6H,7-8H2,1H3. The molecule has 0 spiro atoms. The molecule has 0 bridgehead atoms. The van der Waals surface area contributed by atoms with Gasteiger partial charge in [-0.05, 0) is 24.6 Å². The molecule has 1 heterocycles. The Morgan fingerprint density at radius 1 is 1.24 bits per heavy atom. The van der Waals surface area contributed by atoms with E-state index in [2.05, 4.69) is 4.74 Å². The molecule has 0 unspecified atom stereocenters. The molecule has 0 saturated carbocycles. The number of halogens is 3. The monoisotopic (exact) mass is 243 g/mol. The highest BCUT2D eigenvalue weighted by molar-refractivity contribution is 5.83. The van der Waals surface area contributed by atoms with Crippen molar-refractivity contribution in [3.8, 4) is 0 Å². The van der Waals surface area contributed by atoms with E-state index in [9.17, 15) is 13.2 Å². The van der Waals surface area contributed by atoms with E-state index in [1.54, 1.807) is 10.8 Å². The van der Waals surface area contributed by atoms with Gasteiger partial charge in [0.05, 0.1) is 6.61 Å². The normalized spacial score (nSPS) is 12.2. The molecule has 17 heavy (non-hydrogen) atoms. The molecular formula is C12H12F3NO. The van der Waals surface area contributed by atoms with Gasteiger partial charge in [-0.15, -0.1) is 13.2 Å². The maximum atomic E-state index is 11.8. The van der Waals surface area contributed by atoms with Crippen LogP contribution in [0.1, 0.15) is 5.56 Å². The Kier molecular flexibility index (Phi) is 3.11. The van der Waals surface area contributed by atoms with Gasteiger partial charge in [0, 0.05) is 23.6 Å². The van der Waals surface area contributed by atoms with Crippen LogP contribution < -0.4 is 0 Å². The number of fused-ring (bicyclic) bond motifs is 1. The number of ether oxygens (including phenoxy) is 1. The van der Waals surface area contributed by atoms with Crippen molar-refractivity contribution >= 4 is 10.9 Å². The highest BCUT2D eigenvalue weighted by atomic mass is 19.4. The van der Waals surface area contributed by atoms with Gasteiger partial charge in [-0.25, -0.2) is 0 Å². The van der Waals surface area contributed by atoms with Crippen LogP contribution in [0.5, 0.6) is 0 Å². The van der Waals surface area contributed by atoms with E-state index in [-0.39, 0.29) is 13.2 Å². The maximum absolute atomic E-state index is 11.8. The second kappa shape index (κ2) is 4.41. The number of nitrogens with zero attached hydrogens (tertiary/aromatic N) is 1. The Morgan fingerprint density at radius 3 is 2.71 bits per heavy atom. The Hall–Kier alpha value is -1.49. The zero-order valence-electron chi connectivity index (χ0n) is 9.29. The molecule has 0 fully saturated rings. The van der Waals surface area contributed by atoms with Crippen molar-refractivity contribution in [2.45, 2.75) is 19.8 Å². The van der Waals surface area contributed by atoms with E-state index in [1.807, 2.05) is 31.2 Å². The van der Waals surface area contributed by atoms with E-state index in [4.69, 9.17) is 0 Å². The first-order chi connectivity index (χ1) is 7.97. The summed E-state index contributed by atoms with van der Waals surface area (Å²) < 4.78 is 41.0. The van der Waals surface area contributed by atoms with Crippen molar-refractivity contribution in [1.29, 1.82) is 0 Å². The minimum absolute atomic E-state index is 0.187. The molecule has 0 aliphatic heterocycles. The number of alkyl halides is 3. The zero-order valence-corrected chi connectivity index (χ0v) is 9.29. The second-order valence-electron chi connectivity index (χ2n) is 3.81. The lowest BCUT2D eigenvalue weighted by atomic mass is 10.1. The first-order valence-electron chi connectivity index (χ1n) is 5.22. The van der Waals surface area contributed by atoms with Crippen molar-refractivity contribution in [3.05, 3.63) is 36.0 Å². The summed E-state index contributed by atoms with van der Waals surface area (Å²) in [6.07, 6.45) is -2.78. The molecule has 0 atom stereocenters. The molecule has 5 heteroatoms. The van der Waals surface area contributed by atoms with Gasteiger partial charge in [0.2, 0.25) is 0 Å². The van der Waals surface area contributed by atoms with Crippen LogP contribution in [-0.2, 0) is 11.3 Å². The Balaban J connectivity index is 2.12. The van der Waals surface area contributed by atoms with Crippen LogP contribution in [-0.4, -0.2) is 17.5 Å². The van der Waals surface area contributed by atoms with Gasteiger partial charge in [0.1, 0.15) is 0 Å². The molecule has 0 saturated heterocycles. The summed E-state index contributed by atoms with van der Waals surface area (Å²) in [6, 6.07) is 7.64. The van der Waals surface area contributed by atoms with E-state index >= 15 is 0 Å². The molecule has 92 valence electrons. The zero-order chi connectivity index (χ0) is 12.5. The van der Waals surface area contributed by atoms with Gasteiger partial charge in [0.15, 0.2) is 0 Å². The molecule has 0 N–H and O–H groups in total. The molecule has 0 amide bonds. The van der Waals surface area contributed by atoms with Gasteiger partial charge >= 0.3 is 6.36 Å². The van der Waals surface area contributed by atoms with Crippen LogP contribution in [0.2, 0.25) is 0 Å². The highest BCUT2D eigenvalue weighted by Gasteiger charge is 2.28. The van der Waals surface area contributed by atoms with Crippen LogP contribution in [0.15, 0.2) is 30.5 Å². The number of aromatic nitrogens is 1. The summed E-state index contributed by atoms with van der Waals surface area (Å²) in [7, 11) is 0. The second-order valence-corrected chi connectivity index (χ2v) is 3.81. The maximum Gasteiger partial charge on any atom is 0.522 e. The first-order valence-corrected chi connectivity index (χ1v) is 5.22. The summed E-state index contributed by atoms with van der Waals surface area (Å²) in [6.45, 7) is 1.78. The van der Waals surface area contributed by atoms with Gasteiger partial charge < -0.3 is 4.57 Å². The fourth-order valence-electron chi connectivity index (χ4n) is 1.83. The molecule has 0 aliphatic carbocycles. The lowest BCUT2D eigenvalue weighted by molar-refractivity contribution is -0.325. The molecule has 2 aromatic rings. The van der Waals surface area contributed by atoms with Crippen LogP contribution in [0.4, 0.5) is 13.2 Å². The predicted molar refractivity (Wildman–Crippen MR) is 58.7 cm³/mol. The van der Waals surface area contributed by atoms with Crippen molar-refractivity contribution in [2.24, 2.45) is 0 Å². The SMILES string of the molecule is Cc1cccc2c1ccn2CCOC(F)(F)F. The number of hydrogen-bond donors (Lipinski definition) is 0. The topological polar surface area (TPSA) is 14.2 Å². The van der Waals surface area contributed by atoms with E-state index in [0.717, 1.165) is 16.5 Å². The van der Waals surface area contributed by atoms with Gasteiger partial charge in [-0.1, -0.05) is 12.1 Å². The predicted octanol–water partition coefficient (Wildman–Crippen LogP) is 3.49. The van der Waals surface area contributed by atoms with Crippen LogP contribution >= 0.6 is 0 Å². The lowest BCUT2D eigenvalue weighted by Gasteiger charge is -2.09. The third-order valence-electron chi connectivity index (χ3n) is 2.63. The molecule has 1 aromatic carbocycles. The van der Waals surface area contributed by atoms with Crippen LogP contribution in [0.25, 0.3) is 10.9 Å². The number of aryl methyl sites for hydroxylation is 1. The minimum atomic E-state index is -4.56. The smallest absolute Gasteiger partial charge is 0.345 e. The molecule has 0 radical (unpaired) electrons.